The number of hydrogen-bond donors (Lipinski definition) is 2. The van der Waals surface area contributed by atoms with Gasteiger partial charge in [-0.15, -0.1) is 0 Å². The fourth-order valence-electron chi connectivity index (χ4n) is 3.27. The highest BCUT2D eigenvalue weighted by molar-refractivity contribution is 5.78. The first kappa shape index (κ1) is 21.2. The molecule has 27 heavy (non-hydrogen) atoms. The quantitative estimate of drug-likeness (QED) is 0.763. The zero-order chi connectivity index (χ0) is 19.8. The Hall–Kier alpha value is -2.15. The largest absolute Gasteiger partial charge is 0.395 e. The second kappa shape index (κ2) is 10.3. The number of amides is 3. The van der Waals surface area contributed by atoms with Crippen molar-refractivity contribution in [1.29, 1.82) is 0 Å². The molecule has 1 heterocycles. The van der Waals surface area contributed by atoms with Crippen molar-refractivity contribution in [3.63, 3.8) is 0 Å². The van der Waals surface area contributed by atoms with Crippen LogP contribution in [0.15, 0.2) is 24.3 Å². The minimum Gasteiger partial charge on any atom is -0.395 e. The van der Waals surface area contributed by atoms with Crippen molar-refractivity contribution < 1.29 is 19.1 Å². The third-order valence-electron chi connectivity index (χ3n) is 4.94. The van der Waals surface area contributed by atoms with Crippen molar-refractivity contribution in [2.45, 2.75) is 33.2 Å². The van der Waals surface area contributed by atoms with Gasteiger partial charge < -0.3 is 20.2 Å². The molecule has 0 atom stereocenters. The van der Waals surface area contributed by atoms with E-state index < -0.39 is 0 Å². The van der Waals surface area contributed by atoms with Gasteiger partial charge in [-0.3, -0.25) is 4.79 Å². The van der Waals surface area contributed by atoms with E-state index >= 15 is 0 Å². The maximum Gasteiger partial charge on any atom is 0.317 e. The molecule has 1 saturated heterocycles. The number of rotatable bonds is 7. The number of carbonyl (C=O) groups is 2. The first-order valence-corrected chi connectivity index (χ1v) is 9.58. The molecule has 1 fully saturated rings. The van der Waals surface area contributed by atoms with Gasteiger partial charge in [-0.25, -0.2) is 9.18 Å². The van der Waals surface area contributed by atoms with E-state index in [4.69, 9.17) is 0 Å². The maximum absolute atomic E-state index is 13.8. The number of nitrogens with zero attached hydrogens (tertiary/aromatic N) is 2. The fourth-order valence-corrected chi connectivity index (χ4v) is 3.27. The molecule has 1 aromatic rings. The average Bonchev–Trinajstić information content (AvgIpc) is 2.67. The number of urea groups is 1. The second-order valence-corrected chi connectivity index (χ2v) is 7.35. The van der Waals surface area contributed by atoms with Gasteiger partial charge in [0, 0.05) is 37.7 Å². The molecule has 7 heteroatoms. The van der Waals surface area contributed by atoms with Crippen LogP contribution in [0.5, 0.6) is 0 Å². The third kappa shape index (κ3) is 6.20. The first-order valence-electron chi connectivity index (χ1n) is 9.58. The maximum atomic E-state index is 13.8. The van der Waals surface area contributed by atoms with E-state index in [1.807, 2.05) is 18.7 Å². The molecule has 6 nitrogen and oxygen atoms in total. The van der Waals surface area contributed by atoms with E-state index in [1.54, 1.807) is 18.2 Å². The lowest BCUT2D eigenvalue weighted by Crippen LogP contribution is -2.46. The lowest BCUT2D eigenvalue weighted by atomic mass is 9.96. The summed E-state index contributed by atoms with van der Waals surface area (Å²) in [7, 11) is 0. The predicted molar refractivity (Wildman–Crippen MR) is 101 cm³/mol. The Morgan fingerprint density at radius 3 is 2.56 bits per heavy atom. The minimum atomic E-state index is -0.365. The van der Waals surface area contributed by atoms with Crippen molar-refractivity contribution in [3.8, 4) is 0 Å². The number of nitrogens with one attached hydrogen (secondary N) is 1. The van der Waals surface area contributed by atoms with Crippen molar-refractivity contribution in [2.75, 3.05) is 32.8 Å². The standard InChI is InChI=1S/C20H30FN3O3/c1-15(2)19(26)23-9-7-16(8-10-23)13-22-20(27)24(11-12-25)14-17-5-3-4-6-18(17)21/h3-6,15-16,25H,7-14H2,1-2H3,(H,22,27). The zero-order valence-electron chi connectivity index (χ0n) is 16.2. The van der Waals surface area contributed by atoms with Crippen LogP contribution < -0.4 is 5.32 Å². The van der Waals surface area contributed by atoms with Gasteiger partial charge in [-0.05, 0) is 24.8 Å². The van der Waals surface area contributed by atoms with E-state index in [0.717, 1.165) is 12.8 Å². The molecule has 0 aliphatic carbocycles. The molecular formula is C20H30FN3O3. The van der Waals surface area contributed by atoms with Crippen LogP contribution >= 0.6 is 0 Å². The van der Waals surface area contributed by atoms with Gasteiger partial charge in [0.15, 0.2) is 0 Å². The van der Waals surface area contributed by atoms with E-state index in [1.165, 1.54) is 11.0 Å². The highest BCUT2D eigenvalue weighted by atomic mass is 19.1. The molecule has 2 rings (SSSR count). The highest BCUT2D eigenvalue weighted by Gasteiger charge is 2.25. The van der Waals surface area contributed by atoms with Crippen LogP contribution in [0.3, 0.4) is 0 Å². The molecular weight excluding hydrogens is 349 g/mol. The number of piperidine rings is 1. The molecule has 0 unspecified atom stereocenters. The molecule has 1 aromatic carbocycles. The summed E-state index contributed by atoms with van der Waals surface area (Å²) >= 11 is 0. The van der Waals surface area contributed by atoms with Crippen molar-refractivity contribution in [2.24, 2.45) is 11.8 Å². The van der Waals surface area contributed by atoms with E-state index in [0.29, 0.717) is 31.1 Å². The number of aliphatic hydroxyl groups excluding tert-OH is 1. The van der Waals surface area contributed by atoms with Gasteiger partial charge >= 0.3 is 6.03 Å². The van der Waals surface area contributed by atoms with Crippen molar-refractivity contribution in [3.05, 3.63) is 35.6 Å². The van der Waals surface area contributed by atoms with Gasteiger partial charge in [0.25, 0.3) is 0 Å². The SMILES string of the molecule is CC(C)C(=O)N1CCC(CNC(=O)N(CCO)Cc2ccccc2F)CC1. The summed E-state index contributed by atoms with van der Waals surface area (Å²) in [5.74, 6) is 0.133. The number of hydrogen-bond acceptors (Lipinski definition) is 3. The van der Waals surface area contributed by atoms with Gasteiger partial charge in [0.05, 0.1) is 13.2 Å². The van der Waals surface area contributed by atoms with Crippen LogP contribution in [0, 0.1) is 17.7 Å². The van der Waals surface area contributed by atoms with Crippen LogP contribution in [0.2, 0.25) is 0 Å². The normalized spacial score (nSPS) is 15.1. The summed E-state index contributed by atoms with van der Waals surface area (Å²) in [6.45, 7) is 5.82. The lowest BCUT2D eigenvalue weighted by molar-refractivity contribution is -0.135. The van der Waals surface area contributed by atoms with E-state index in [2.05, 4.69) is 5.32 Å². The first-order chi connectivity index (χ1) is 12.9. The Morgan fingerprint density at radius 2 is 1.96 bits per heavy atom. The summed E-state index contributed by atoms with van der Waals surface area (Å²) in [6, 6.07) is 6.00. The highest BCUT2D eigenvalue weighted by Crippen LogP contribution is 2.18. The fraction of sp³-hybridized carbons (Fsp3) is 0.600. The molecule has 0 bridgehead atoms. The summed E-state index contributed by atoms with van der Waals surface area (Å²) in [4.78, 5) is 27.8. The number of likely N-dealkylation sites (tertiary alicyclic amines) is 1. The second-order valence-electron chi connectivity index (χ2n) is 7.35. The lowest BCUT2D eigenvalue weighted by Gasteiger charge is -2.33. The average molecular weight is 379 g/mol. The minimum absolute atomic E-state index is 0.00618. The molecule has 3 amide bonds. The number of benzene rings is 1. The molecule has 0 aromatic heterocycles. The van der Waals surface area contributed by atoms with Crippen LogP contribution in [0.25, 0.3) is 0 Å². The molecule has 0 spiro atoms. The number of aliphatic hydroxyl groups is 1. The summed E-state index contributed by atoms with van der Waals surface area (Å²) in [5.41, 5.74) is 0.418. The Kier molecular flexibility index (Phi) is 8.03. The summed E-state index contributed by atoms with van der Waals surface area (Å²) < 4.78 is 13.8. The Balaban J connectivity index is 1.82. The predicted octanol–water partition coefficient (Wildman–Crippen LogP) is 2.22. The van der Waals surface area contributed by atoms with Gasteiger partial charge in [-0.1, -0.05) is 32.0 Å². The van der Waals surface area contributed by atoms with Crippen LogP contribution in [0.4, 0.5) is 9.18 Å². The molecule has 1 aliphatic heterocycles. The van der Waals surface area contributed by atoms with Gasteiger partial charge in [0.1, 0.15) is 5.82 Å². The Bertz CT molecular complexity index is 631. The van der Waals surface area contributed by atoms with Crippen molar-refractivity contribution >= 4 is 11.9 Å². The Morgan fingerprint density at radius 1 is 1.30 bits per heavy atom. The van der Waals surface area contributed by atoms with Crippen LogP contribution in [-0.2, 0) is 11.3 Å². The summed E-state index contributed by atoms with van der Waals surface area (Å²) in [5, 5.41) is 12.1. The number of halogens is 1. The topological polar surface area (TPSA) is 72.9 Å². The van der Waals surface area contributed by atoms with Gasteiger partial charge in [-0.2, -0.15) is 0 Å². The molecule has 1 aliphatic rings. The zero-order valence-corrected chi connectivity index (χ0v) is 16.2. The molecule has 0 radical (unpaired) electrons. The smallest absolute Gasteiger partial charge is 0.317 e. The summed E-state index contributed by atoms with van der Waals surface area (Å²) in [6.07, 6.45) is 1.71. The molecule has 2 N–H and O–H groups in total. The van der Waals surface area contributed by atoms with Gasteiger partial charge in [0.2, 0.25) is 5.91 Å². The monoisotopic (exact) mass is 379 g/mol. The Labute approximate surface area is 160 Å². The van der Waals surface area contributed by atoms with E-state index in [-0.39, 0.29) is 43.4 Å². The van der Waals surface area contributed by atoms with Crippen LogP contribution in [-0.4, -0.2) is 59.6 Å². The van der Waals surface area contributed by atoms with E-state index in [9.17, 15) is 19.1 Å². The third-order valence-corrected chi connectivity index (χ3v) is 4.94. The number of carbonyl (C=O) groups excluding carboxylic acids is 2. The van der Waals surface area contributed by atoms with Crippen molar-refractivity contribution in [1.82, 2.24) is 15.1 Å². The molecule has 0 saturated carbocycles. The van der Waals surface area contributed by atoms with Crippen LogP contribution in [0.1, 0.15) is 32.3 Å². The molecule has 150 valence electrons.